The van der Waals surface area contributed by atoms with Gasteiger partial charge in [-0.25, -0.2) is 0 Å². The average Bonchev–Trinajstić information content (AvgIpc) is 2.45. The first-order chi connectivity index (χ1) is 9.20. The lowest BCUT2D eigenvalue weighted by molar-refractivity contribution is 0.0869. The van der Waals surface area contributed by atoms with E-state index in [0.29, 0.717) is 5.78 Å². The molecule has 0 saturated heterocycles. The minimum absolute atomic E-state index is 0.277. The van der Waals surface area contributed by atoms with Crippen LogP contribution < -0.4 is 0 Å². The molecule has 0 bridgehead atoms. The molecule has 1 fully saturated rings. The lowest BCUT2D eigenvalue weighted by atomic mass is 9.77. The molecular weight excluding hydrogens is 232 g/mol. The van der Waals surface area contributed by atoms with E-state index >= 15 is 0 Å². The standard InChI is InChI=1S/C18H26O/c1-3-4-7-15-9-11-16(12-10-15)18(19)17-8-5-6-14(2)13-17/h5-6,8,13,15-16H,3-4,7,9-12H2,1-2H3. The number of ketones is 1. The second-order valence-electron chi connectivity index (χ2n) is 6.09. The molecule has 0 aromatic heterocycles. The van der Waals surface area contributed by atoms with E-state index in [1.807, 2.05) is 18.2 Å². The summed E-state index contributed by atoms with van der Waals surface area (Å²) in [5, 5.41) is 0. The summed E-state index contributed by atoms with van der Waals surface area (Å²) in [5.41, 5.74) is 2.10. The molecule has 0 amide bonds. The van der Waals surface area contributed by atoms with Gasteiger partial charge in [0.25, 0.3) is 0 Å². The fourth-order valence-electron chi connectivity index (χ4n) is 3.24. The van der Waals surface area contributed by atoms with Crippen molar-refractivity contribution < 1.29 is 4.79 Å². The molecule has 0 heterocycles. The molecule has 0 N–H and O–H groups in total. The lowest BCUT2D eigenvalue weighted by Gasteiger charge is -2.27. The van der Waals surface area contributed by atoms with Gasteiger partial charge in [0, 0.05) is 11.5 Å². The third-order valence-corrected chi connectivity index (χ3v) is 4.49. The third kappa shape index (κ3) is 3.92. The smallest absolute Gasteiger partial charge is 0.165 e. The number of carbonyl (C=O) groups excluding carboxylic acids is 1. The van der Waals surface area contributed by atoms with Crippen LogP contribution in [-0.4, -0.2) is 5.78 Å². The van der Waals surface area contributed by atoms with Gasteiger partial charge in [0.05, 0.1) is 0 Å². The van der Waals surface area contributed by atoms with Crippen molar-refractivity contribution in [1.82, 2.24) is 0 Å². The number of Topliss-reactive ketones (excluding diaryl/α,β-unsaturated/α-hetero) is 1. The molecule has 0 unspecified atom stereocenters. The Balaban J connectivity index is 1.89. The number of carbonyl (C=O) groups is 1. The molecule has 1 nitrogen and oxygen atoms in total. The predicted octanol–water partition coefficient (Wildman–Crippen LogP) is 5.17. The van der Waals surface area contributed by atoms with E-state index in [1.54, 1.807) is 0 Å². The highest BCUT2D eigenvalue weighted by atomic mass is 16.1. The summed E-state index contributed by atoms with van der Waals surface area (Å²) in [6, 6.07) is 8.05. The first kappa shape index (κ1) is 14.3. The molecule has 0 radical (unpaired) electrons. The summed E-state index contributed by atoms with van der Waals surface area (Å²) in [6.45, 7) is 4.31. The van der Waals surface area contributed by atoms with Crippen LogP contribution in [0.3, 0.4) is 0 Å². The molecule has 0 spiro atoms. The van der Waals surface area contributed by atoms with Crippen LogP contribution in [0, 0.1) is 18.8 Å². The van der Waals surface area contributed by atoms with Gasteiger partial charge in [-0.2, -0.15) is 0 Å². The maximum Gasteiger partial charge on any atom is 0.165 e. The van der Waals surface area contributed by atoms with Crippen LogP contribution in [0.2, 0.25) is 0 Å². The number of aryl methyl sites for hydroxylation is 1. The zero-order valence-electron chi connectivity index (χ0n) is 12.3. The number of rotatable bonds is 5. The van der Waals surface area contributed by atoms with Crippen LogP contribution >= 0.6 is 0 Å². The van der Waals surface area contributed by atoms with E-state index in [1.165, 1.54) is 37.7 Å². The Kier molecular flexibility index (Phi) is 5.18. The molecule has 1 saturated carbocycles. The first-order valence-corrected chi connectivity index (χ1v) is 7.81. The zero-order chi connectivity index (χ0) is 13.7. The summed E-state index contributed by atoms with van der Waals surface area (Å²) in [5.74, 6) is 1.53. The van der Waals surface area contributed by atoms with Crippen molar-refractivity contribution in [2.75, 3.05) is 0 Å². The van der Waals surface area contributed by atoms with Crippen molar-refractivity contribution in [3.05, 3.63) is 35.4 Å². The number of hydrogen-bond acceptors (Lipinski definition) is 1. The average molecular weight is 258 g/mol. The fourth-order valence-corrected chi connectivity index (χ4v) is 3.24. The molecule has 2 rings (SSSR count). The highest BCUT2D eigenvalue weighted by molar-refractivity contribution is 5.98. The molecule has 19 heavy (non-hydrogen) atoms. The van der Waals surface area contributed by atoms with Crippen LogP contribution in [0.15, 0.2) is 24.3 Å². The summed E-state index contributed by atoms with van der Waals surface area (Å²) < 4.78 is 0. The molecule has 1 aliphatic rings. The summed E-state index contributed by atoms with van der Waals surface area (Å²) in [7, 11) is 0. The van der Waals surface area contributed by atoms with Crippen LogP contribution in [0.25, 0.3) is 0 Å². The summed E-state index contributed by atoms with van der Waals surface area (Å²) in [6.07, 6.45) is 8.71. The van der Waals surface area contributed by atoms with Gasteiger partial charge >= 0.3 is 0 Å². The van der Waals surface area contributed by atoms with Gasteiger partial charge in [-0.3, -0.25) is 4.79 Å². The SMILES string of the molecule is CCCCC1CCC(C(=O)c2cccc(C)c2)CC1. The van der Waals surface area contributed by atoms with Crippen molar-refractivity contribution in [1.29, 1.82) is 0 Å². The summed E-state index contributed by atoms with van der Waals surface area (Å²) in [4.78, 5) is 12.5. The Morgan fingerprint density at radius 1 is 1.21 bits per heavy atom. The lowest BCUT2D eigenvalue weighted by Crippen LogP contribution is -2.22. The number of benzene rings is 1. The van der Waals surface area contributed by atoms with Crippen molar-refractivity contribution >= 4 is 5.78 Å². The Bertz CT molecular complexity index is 413. The van der Waals surface area contributed by atoms with Crippen LogP contribution in [-0.2, 0) is 0 Å². The number of unbranched alkanes of at least 4 members (excludes halogenated alkanes) is 1. The van der Waals surface area contributed by atoms with E-state index < -0.39 is 0 Å². The van der Waals surface area contributed by atoms with E-state index in [4.69, 9.17) is 0 Å². The van der Waals surface area contributed by atoms with E-state index in [-0.39, 0.29) is 5.92 Å². The number of hydrogen-bond donors (Lipinski definition) is 0. The van der Waals surface area contributed by atoms with Gasteiger partial charge in [-0.15, -0.1) is 0 Å². The minimum atomic E-state index is 0.277. The predicted molar refractivity (Wildman–Crippen MR) is 80.5 cm³/mol. The third-order valence-electron chi connectivity index (χ3n) is 4.49. The molecule has 0 atom stereocenters. The van der Waals surface area contributed by atoms with E-state index in [0.717, 1.165) is 24.3 Å². The zero-order valence-corrected chi connectivity index (χ0v) is 12.3. The van der Waals surface area contributed by atoms with Gasteiger partial charge in [0.2, 0.25) is 0 Å². The Morgan fingerprint density at radius 3 is 2.58 bits per heavy atom. The van der Waals surface area contributed by atoms with Gasteiger partial charge in [0.1, 0.15) is 0 Å². The van der Waals surface area contributed by atoms with Crippen LogP contribution in [0.4, 0.5) is 0 Å². The minimum Gasteiger partial charge on any atom is -0.294 e. The highest BCUT2D eigenvalue weighted by Gasteiger charge is 2.26. The molecule has 1 aromatic rings. The topological polar surface area (TPSA) is 17.1 Å². The van der Waals surface area contributed by atoms with Gasteiger partial charge in [0.15, 0.2) is 5.78 Å². The van der Waals surface area contributed by atoms with Crippen LogP contribution in [0.5, 0.6) is 0 Å². The van der Waals surface area contributed by atoms with Crippen molar-refractivity contribution in [2.45, 2.75) is 58.8 Å². The molecule has 1 heteroatoms. The quantitative estimate of drug-likeness (QED) is 0.665. The monoisotopic (exact) mass is 258 g/mol. The van der Waals surface area contributed by atoms with E-state index in [9.17, 15) is 4.79 Å². The maximum atomic E-state index is 12.5. The molecule has 1 aliphatic carbocycles. The summed E-state index contributed by atoms with van der Waals surface area (Å²) >= 11 is 0. The molecular formula is C18H26O. The molecule has 1 aromatic carbocycles. The maximum absolute atomic E-state index is 12.5. The Labute approximate surface area is 117 Å². The Morgan fingerprint density at radius 2 is 1.95 bits per heavy atom. The van der Waals surface area contributed by atoms with Crippen LogP contribution in [0.1, 0.15) is 67.8 Å². The van der Waals surface area contributed by atoms with Crippen molar-refractivity contribution in [3.8, 4) is 0 Å². The Hall–Kier alpha value is -1.11. The van der Waals surface area contributed by atoms with Gasteiger partial charge < -0.3 is 0 Å². The second-order valence-corrected chi connectivity index (χ2v) is 6.09. The van der Waals surface area contributed by atoms with Gasteiger partial charge in [-0.05, 0) is 44.6 Å². The van der Waals surface area contributed by atoms with Crippen molar-refractivity contribution in [3.63, 3.8) is 0 Å². The fraction of sp³-hybridized carbons (Fsp3) is 0.611. The largest absolute Gasteiger partial charge is 0.294 e. The first-order valence-electron chi connectivity index (χ1n) is 7.81. The van der Waals surface area contributed by atoms with E-state index in [2.05, 4.69) is 19.9 Å². The highest BCUT2D eigenvalue weighted by Crippen LogP contribution is 2.33. The molecule has 104 valence electrons. The van der Waals surface area contributed by atoms with Crippen molar-refractivity contribution in [2.24, 2.45) is 11.8 Å². The second kappa shape index (κ2) is 6.88. The van der Waals surface area contributed by atoms with Gasteiger partial charge in [-0.1, -0.05) is 49.9 Å². The normalized spacial score (nSPS) is 23.3. The molecule has 0 aliphatic heterocycles.